The van der Waals surface area contributed by atoms with Gasteiger partial charge in [-0.15, -0.1) is 0 Å². The second-order valence-corrected chi connectivity index (χ2v) is 5.86. The van der Waals surface area contributed by atoms with Crippen LogP contribution in [0.1, 0.15) is 17.0 Å². The summed E-state index contributed by atoms with van der Waals surface area (Å²) in [6, 6.07) is 8.86. The van der Waals surface area contributed by atoms with Gasteiger partial charge in [0.25, 0.3) is 0 Å². The summed E-state index contributed by atoms with van der Waals surface area (Å²) in [5, 5.41) is 0. The largest absolute Gasteiger partial charge is 0.378 e. The lowest BCUT2D eigenvalue weighted by Gasteiger charge is -2.29. The Hall–Kier alpha value is -1.72. The summed E-state index contributed by atoms with van der Waals surface area (Å²) in [5.74, 6) is -0.229. The van der Waals surface area contributed by atoms with Gasteiger partial charge < -0.3 is 14.2 Å². The van der Waals surface area contributed by atoms with Crippen LogP contribution in [0.4, 0.5) is 4.39 Å². The highest BCUT2D eigenvalue weighted by atomic mass is 32.1. The second-order valence-electron chi connectivity index (χ2n) is 5.48. The van der Waals surface area contributed by atoms with Crippen LogP contribution < -0.4 is 0 Å². The molecule has 3 nitrogen and oxygen atoms in total. The van der Waals surface area contributed by atoms with Crippen LogP contribution in [0, 0.1) is 19.7 Å². The van der Waals surface area contributed by atoms with Crippen molar-refractivity contribution in [2.24, 2.45) is 0 Å². The van der Waals surface area contributed by atoms with Crippen molar-refractivity contribution >= 4 is 17.2 Å². The maximum atomic E-state index is 14.1. The molecule has 1 aliphatic rings. The molecule has 0 N–H and O–H groups in total. The monoisotopic (exact) mass is 318 g/mol. The van der Waals surface area contributed by atoms with Gasteiger partial charge in [-0.2, -0.15) is 0 Å². The van der Waals surface area contributed by atoms with E-state index < -0.39 is 0 Å². The lowest BCUT2D eigenvalue weighted by molar-refractivity contribution is 0.0692. The van der Waals surface area contributed by atoms with E-state index >= 15 is 0 Å². The Bertz CT molecular complexity index is 705. The molecule has 1 aromatic heterocycles. The molecule has 0 spiro atoms. The lowest BCUT2D eigenvalue weighted by atomic mass is 10.2. The molecule has 2 aromatic rings. The predicted molar refractivity (Wildman–Crippen MR) is 89.3 cm³/mol. The molecule has 0 amide bonds. The first-order valence-electron chi connectivity index (χ1n) is 7.40. The molecule has 2 heterocycles. The van der Waals surface area contributed by atoms with Gasteiger partial charge in [0.2, 0.25) is 0 Å². The SMILES string of the molecule is Cc1cc(C(=S)N2CCOCC2)c(C)n1-c1ccccc1F. The topological polar surface area (TPSA) is 17.4 Å². The van der Waals surface area contributed by atoms with Crippen LogP contribution in [0.3, 0.4) is 0 Å². The fourth-order valence-electron chi connectivity index (χ4n) is 2.92. The summed E-state index contributed by atoms with van der Waals surface area (Å²) in [6.45, 7) is 6.98. The highest BCUT2D eigenvalue weighted by Gasteiger charge is 2.21. The standard InChI is InChI=1S/C17H19FN2OS/c1-12-11-14(17(22)19-7-9-21-10-8-19)13(2)20(12)16-6-4-3-5-15(16)18/h3-6,11H,7-10H2,1-2H3. The summed E-state index contributed by atoms with van der Waals surface area (Å²) < 4.78 is 21.4. The maximum Gasteiger partial charge on any atom is 0.147 e. The molecule has 116 valence electrons. The number of morpholine rings is 1. The van der Waals surface area contributed by atoms with E-state index in [-0.39, 0.29) is 5.82 Å². The van der Waals surface area contributed by atoms with Crippen LogP contribution in [-0.4, -0.2) is 40.8 Å². The van der Waals surface area contributed by atoms with Gasteiger partial charge >= 0.3 is 0 Å². The number of rotatable bonds is 2. The Labute approximate surface area is 135 Å². The molecule has 0 atom stereocenters. The number of aryl methyl sites for hydroxylation is 1. The van der Waals surface area contributed by atoms with Crippen molar-refractivity contribution in [3.05, 3.63) is 53.1 Å². The summed E-state index contributed by atoms with van der Waals surface area (Å²) in [5.41, 5.74) is 3.51. The Morgan fingerprint density at radius 2 is 1.86 bits per heavy atom. The van der Waals surface area contributed by atoms with Crippen LogP contribution in [0.2, 0.25) is 0 Å². The van der Waals surface area contributed by atoms with E-state index in [2.05, 4.69) is 4.90 Å². The summed E-state index contributed by atoms with van der Waals surface area (Å²) in [4.78, 5) is 2.98. The smallest absolute Gasteiger partial charge is 0.147 e. The zero-order valence-corrected chi connectivity index (χ0v) is 13.6. The Morgan fingerprint density at radius 1 is 1.18 bits per heavy atom. The van der Waals surface area contributed by atoms with Gasteiger partial charge in [0.1, 0.15) is 10.8 Å². The number of benzene rings is 1. The normalized spacial score (nSPS) is 15.1. The first-order chi connectivity index (χ1) is 10.6. The Balaban J connectivity index is 2.00. The third kappa shape index (κ3) is 2.66. The molecular formula is C17H19FN2OS. The minimum Gasteiger partial charge on any atom is -0.378 e. The summed E-state index contributed by atoms with van der Waals surface area (Å²) >= 11 is 5.65. The molecule has 22 heavy (non-hydrogen) atoms. The van der Waals surface area contributed by atoms with Crippen LogP contribution >= 0.6 is 12.2 Å². The zero-order chi connectivity index (χ0) is 15.7. The van der Waals surface area contributed by atoms with Crippen molar-refractivity contribution in [3.8, 4) is 5.69 Å². The van der Waals surface area contributed by atoms with Gasteiger partial charge in [-0.1, -0.05) is 24.4 Å². The first-order valence-corrected chi connectivity index (χ1v) is 7.81. The Morgan fingerprint density at radius 3 is 2.55 bits per heavy atom. The number of hydrogen-bond acceptors (Lipinski definition) is 2. The first kappa shape index (κ1) is 15.2. The average Bonchev–Trinajstić information content (AvgIpc) is 2.83. The fourth-order valence-corrected chi connectivity index (χ4v) is 3.31. The van der Waals surface area contributed by atoms with Gasteiger partial charge in [-0.3, -0.25) is 0 Å². The summed E-state index contributed by atoms with van der Waals surface area (Å²) in [7, 11) is 0. The third-order valence-electron chi connectivity index (χ3n) is 4.05. The molecule has 0 aliphatic carbocycles. The van der Waals surface area contributed by atoms with E-state index in [0.29, 0.717) is 18.9 Å². The number of halogens is 1. The van der Waals surface area contributed by atoms with Crippen LogP contribution in [-0.2, 0) is 4.74 Å². The van der Waals surface area contributed by atoms with Gasteiger partial charge in [0.15, 0.2) is 0 Å². The zero-order valence-electron chi connectivity index (χ0n) is 12.8. The minimum absolute atomic E-state index is 0.229. The molecule has 0 saturated carbocycles. The highest BCUT2D eigenvalue weighted by Crippen LogP contribution is 2.24. The number of thiocarbonyl (C=S) groups is 1. The number of aromatic nitrogens is 1. The van der Waals surface area contributed by atoms with E-state index in [1.165, 1.54) is 6.07 Å². The van der Waals surface area contributed by atoms with E-state index in [0.717, 1.165) is 35.0 Å². The van der Waals surface area contributed by atoms with E-state index in [1.54, 1.807) is 12.1 Å². The number of hydrogen-bond donors (Lipinski definition) is 0. The molecule has 5 heteroatoms. The second kappa shape index (κ2) is 6.18. The molecular weight excluding hydrogens is 299 g/mol. The number of para-hydroxylation sites is 1. The van der Waals surface area contributed by atoms with E-state index in [4.69, 9.17) is 17.0 Å². The van der Waals surface area contributed by atoms with Gasteiger partial charge in [-0.25, -0.2) is 4.39 Å². The highest BCUT2D eigenvalue weighted by molar-refractivity contribution is 7.80. The van der Waals surface area contributed by atoms with Gasteiger partial charge in [-0.05, 0) is 32.0 Å². The van der Waals surface area contributed by atoms with Crippen molar-refractivity contribution in [1.29, 1.82) is 0 Å². The van der Waals surface area contributed by atoms with Gasteiger partial charge in [0, 0.05) is 30.0 Å². The quantitative estimate of drug-likeness (QED) is 0.792. The molecule has 1 aliphatic heterocycles. The lowest BCUT2D eigenvalue weighted by Crippen LogP contribution is -2.40. The van der Waals surface area contributed by atoms with Crippen molar-refractivity contribution < 1.29 is 9.13 Å². The molecule has 1 saturated heterocycles. The van der Waals surface area contributed by atoms with E-state index in [1.807, 2.05) is 30.5 Å². The van der Waals surface area contributed by atoms with Crippen LogP contribution in [0.25, 0.3) is 5.69 Å². The molecule has 1 aromatic carbocycles. The minimum atomic E-state index is -0.229. The fraction of sp³-hybridized carbons (Fsp3) is 0.353. The van der Waals surface area contributed by atoms with Crippen LogP contribution in [0.5, 0.6) is 0 Å². The molecule has 1 fully saturated rings. The van der Waals surface area contributed by atoms with Crippen molar-refractivity contribution in [1.82, 2.24) is 9.47 Å². The van der Waals surface area contributed by atoms with Crippen molar-refractivity contribution in [2.75, 3.05) is 26.3 Å². The molecule has 0 unspecified atom stereocenters. The van der Waals surface area contributed by atoms with Crippen molar-refractivity contribution in [2.45, 2.75) is 13.8 Å². The molecule has 0 radical (unpaired) electrons. The van der Waals surface area contributed by atoms with Crippen molar-refractivity contribution in [3.63, 3.8) is 0 Å². The third-order valence-corrected chi connectivity index (χ3v) is 4.53. The predicted octanol–water partition coefficient (Wildman–Crippen LogP) is 3.24. The maximum absolute atomic E-state index is 14.1. The van der Waals surface area contributed by atoms with Gasteiger partial charge in [0.05, 0.1) is 18.9 Å². The number of nitrogens with zero attached hydrogens (tertiary/aromatic N) is 2. The van der Waals surface area contributed by atoms with Crippen LogP contribution in [0.15, 0.2) is 30.3 Å². The Kier molecular flexibility index (Phi) is 4.27. The number of ether oxygens (including phenoxy) is 1. The average molecular weight is 318 g/mol. The molecule has 0 bridgehead atoms. The van der Waals surface area contributed by atoms with E-state index in [9.17, 15) is 4.39 Å². The summed E-state index contributed by atoms with van der Waals surface area (Å²) in [6.07, 6.45) is 0. The molecule has 3 rings (SSSR count).